The van der Waals surface area contributed by atoms with Crippen molar-refractivity contribution in [1.29, 1.82) is 0 Å². The normalized spacial score (nSPS) is 13.4. The molecular formula is C30H36Cl3FN4O3. The molecule has 0 radical (unpaired) electrons. The lowest BCUT2D eigenvalue weighted by atomic mass is 9.98. The van der Waals surface area contributed by atoms with Gasteiger partial charge in [0.25, 0.3) is 5.91 Å². The molecule has 222 valence electrons. The summed E-state index contributed by atoms with van der Waals surface area (Å²) in [6.07, 6.45) is 1.70. The van der Waals surface area contributed by atoms with Gasteiger partial charge in [0.05, 0.1) is 10.6 Å². The highest BCUT2D eigenvalue weighted by molar-refractivity contribution is 6.33. The van der Waals surface area contributed by atoms with E-state index >= 15 is 0 Å². The fourth-order valence-corrected chi connectivity index (χ4v) is 5.18. The number of benzene rings is 2. The number of halogens is 4. The molecule has 0 unspecified atom stereocenters. The second kappa shape index (κ2) is 15.4. The largest absolute Gasteiger partial charge is 0.478 e. The van der Waals surface area contributed by atoms with E-state index in [0.29, 0.717) is 37.6 Å². The van der Waals surface area contributed by atoms with Crippen molar-refractivity contribution in [2.75, 3.05) is 37.6 Å². The topological polar surface area (TPSA) is 77.0 Å². The van der Waals surface area contributed by atoms with E-state index in [9.17, 15) is 19.1 Å². The standard InChI is InChI=1S/C30H34ClFN4O3.2ClH/c1-4-35(29(37)27-24(31)6-5-7-25(27)32)19-22-10-8-21(9-11-22)18-34-14-16-36(17-15-34)28-26(30(38)39)23(20(2)3)12-13-33-28;;/h5-13,20H,4,14-19H2,1-3H3,(H,38,39);2*1H. The molecule has 0 saturated carbocycles. The van der Waals surface area contributed by atoms with Crippen LogP contribution in [-0.4, -0.2) is 64.5 Å². The van der Waals surface area contributed by atoms with Gasteiger partial charge < -0.3 is 14.9 Å². The van der Waals surface area contributed by atoms with E-state index in [1.165, 1.54) is 18.2 Å². The predicted molar refractivity (Wildman–Crippen MR) is 166 cm³/mol. The fraction of sp³-hybridized carbons (Fsp3) is 0.367. The van der Waals surface area contributed by atoms with Gasteiger partial charge in [-0.2, -0.15) is 0 Å². The van der Waals surface area contributed by atoms with Gasteiger partial charge in [-0.1, -0.05) is 55.8 Å². The van der Waals surface area contributed by atoms with Gasteiger partial charge in [0, 0.05) is 52.0 Å². The van der Waals surface area contributed by atoms with Crippen LogP contribution in [0.15, 0.2) is 54.7 Å². The van der Waals surface area contributed by atoms with Crippen molar-refractivity contribution in [2.45, 2.75) is 39.8 Å². The van der Waals surface area contributed by atoms with Crippen LogP contribution in [0, 0.1) is 5.82 Å². The zero-order chi connectivity index (χ0) is 28.1. The number of rotatable bonds is 9. The summed E-state index contributed by atoms with van der Waals surface area (Å²) in [4.78, 5) is 35.4. The molecule has 0 atom stereocenters. The summed E-state index contributed by atoms with van der Waals surface area (Å²) < 4.78 is 14.3. The number of hydrogen-bond acceptors (Lipinski definition) is 5. The van der Waals surface area contributed by atoms with E-state index in [1.54, 1.807) is 17.2 Å². The Morgan fingerprint density at radius 3 is 2.20 bits per heavy atom. The third kappa shape index (κ3) is 8.10. The molecule has 0 spiro atoms. The zero-order valence-electron chi connectivity index (χ0n) is 23.3. The summed E-state index contributed by atoms with van der Waals surface area (Å²) in [5.41, 5.74) is 3.09. The van der Waals surface area contributed by atoms with Gasteiger partial charge >= 0.3 is 5.97 Å². The van der Waals surface area contributed by atoms with Gasteiger partial charge in [-0.05, 0) is 47.7 Å². The van der Waals surface area contributed by atoms with Crippen LogP contribution in [0.2, 0.25) is 5.02 Å². The number of anilines is 1. The molecule has 4 rings (SSSR count). The number of carbonyl (C=O) groups excluding carboxylic acids is 1. The number of piperazine rings is 1. The molecular weight excluding hydrogens is 590 g/mol. The lowest BCUT2D eigenvalue weighted by Crippen LogP contribution is -2.46. The first-order chi connectivity index (χ1) is 18.7. The number of carboxylic acids is 1. The number of pyridine rings is 1. The Morgan fingerprint density at radius 2 is 1.63 bits per heavy atom. The lowest BCUT2D eigenvalue weighted by molar-refractivity contribution is 0.0693. The van der Waals surface area contributed by atoms with Crippen LogP contribution in [-0.2, 0) is 13.1 Å². The first kappa shape index (κ1) is 34.3. The molecule has 7 nitrogen and oxygen atoms in total. The van der Waals surface area contributed by atoms with Crippen LogP contribution in [0.25, 0.3) is 0 Å². The van der Waals surface area contributed by atoms with Crippen molar-refractivity contribution in [3.63, 3.8) is 0 Å². The molecule has 1 aliphatic rings. The van der Waals surface area contributed by atoms with Gasteiger partial charge in [0.1, 0.15) is 17.2 Å². The summed E-state index contributed by atoms with van der Waals surface area (Å²) in [7, 11) is 0. The summed E-state index contributed by atoms with van der Waals surface area (Å²) in [5.74, 6) is -1.35. The smallest absolute Gasteiger partial charge is 0.339 e. The summed E-state index contributed by atoms with van der Waals surface area (Å²) in [6, 6.07) is 14.1. The molecule has 1 saturated heterocycles. The maximum Gasteiger partial charge on any atom is 0.339 e. The van der Waals surface area contributed by atoms with Gasteiger partial charge in [0.2, 0.25) is 0 Å². The van der Waals surface area contributed by atoms with E-state index in [-0.39, 0.29) is 41.3 Å². The monoisotopic (exact) mass is 624 g/mol. The maximum atomic E-state index is 14.3. The van der Waals surface area contributed by atoms with E-state index < -0.39 is 17.7 Å². The first-order valence-electron chi connectivity index (χ1n) is 13.2. The number of hydrogen-bond donors (Lipinski definition) is 1. The first-order valence-corrected chi connectivity index (χ1v) is 13.6. The lowest BCUT2D eigenvalue weighted by Gasteiger charge is -2.36. The quantitative estimate of drug-likeness (QED) is 0.292. The maximum absolute atomic E-state index is 14.3. The second-order valence-electron chi connectivity index (χ2n) is 10.1. The number of aromatic nitrogens is 1. The average Bonchev–Trinajstić information content (AvgIpc) is 2.92. The Labute approximate surface area is 258 Å². The Hall–Kier alpha value is -2.91. The Morgan fingerprint density at radius 1 is 1.00 bits per heavy atom. The number of carboxylic acid groups (broad SMARTS) is 1. The van der Waals surface area contributed by atoms with Crippen molar-refractivity contribution in [1.82, 2.24) is 14.8 Å². The van der Waals surface area contributed by atoms with Crippen molar-refractivity contribution in [2.24, 2.45) is 0 Å². The van der Waals surface area contributed by atoms with Gasteiger partial charge in [-0.3, -0.25) is 9.69 Å². The highest BCUT2D eigenvalue weighted by Gasteiger charge is 2.26. The van der Waals surface area contributed by atoms with E-state index in [1.807, 2.05) is 45.0 Å². The molecule has 2 aromatic carbocycles. The Balaban J connectivity index is 0.00000294. The van der Waals surface area contributed by atoms with E-state index in [2.05, 4.69) is 14.8 Å². The minimum absolute atomic E-state index is 0. The average molecular weight is 626 g/mol. The van der Waals surface area contributed by atoms with Gasteiger partial charge in [0.15, 0.2) is 0 Å². The molecule has 41 heavy (non-hydrogen) atoms. The van der Waals surface area contributed by atoms with Crippen LogP contribution in [0.5, 0.6) is 0 Å². The molecule has 0 bridgehead atoms. The van der Waals surface area contributed by atoms with E-state index in [0.717, 1.165) is 36.3 Å². The van der Waals surface area contributed by atoms with Crippen molar-refractivity contribution in [3.05, 3.63) is 93.4 Å². The number of aromatic carboxylic acids is 1. The SMILES string of the molecule is CCN(Cc1ccc(CN2CCN(c3nccc(C(C)C)c3C(=O)O)CC2)cc1)C(=O)c1c(F)cccc1Cl.Cl.Cl. The number of nitrogens with zero attached hydrogens (tertiary/aromatic N) is 4. The Bertz CT molecular complexity index is 1310. The molecule has 3 aromatic rings. The molecule has 1 amide bonds. The minimum atomic E-state index is -0.940. The van der Waals surface area contributed by atoms with Crippen molar-refractivity contribution < 1.29 is 19.1 Å². The Kier molecular flexibility index (Phi) is 12.8. The van der Waals surface area contributed by atoms with Crippen LogP contribution in [0.3, 0.4) is 0 Å². The molecule has 11 heteroatoms. The van der Waals surface area contributed by atoms with Crippen LogP contribution < -0.4 is 4.90 Å². The second-order valence-corrected chi connectivity index (χ2v) is 10.5. The van der Waals surface area contributed by atoms with Gasteiger partial charge in [-0.15, -0.1) is 24.8 Å². The third-order valence-corrected chi connectivity index (χ3v) is 7.43. The van der Waals surface area contributed by atoms with Crippen molar-refractivity contribution in [3.8, 4) is 0 Å². The highest BCUT2D eigenvalue weighted by Crippen LogP contribution is 2.28. The molecule has 0 aliphatic carbocycles. The number of amides is 1. The van der Waals surface area contributed by atoms with Gasteiger partial charge in [-0.25, -0.2) is 14.2 Å². The number of carbonyl (C=O) groups is 2. The molecule has 1 N–H and O–H groups in total. The third-order valence-electron chi connectivity index (χ3n) is 7.12. The van der Waals surface area contributed by atoms with Crippen LogP contribution >= 0.6 is 36.4 Å². The summed E-state index contributed by atoms with van der Waals surface area (Å²) >= 11 is 6.10. The molecule has 1 fully saturated rings. The molecule has 1 aliphatic heterocycles. The zero-order valence-corrected chi connectivity index (χ0v) is 25.7. The van der Waals surface area contributed by atoms with Crippen molar-refractivity contribution >= 4 is 54.1 Å². The van der Waals surface area contributed by atoms with Crippen LogP contribution in [0.4, 0.5) is 10.2 Å². The summed E-state index contributed by atoms with van der Waals surface area (Å²) in [6.45, 7) is 10.3. The van der Waals surface area contributed by atoms with Crippen LogP contribution in [0.1, 0.15) is 64.1 Å². The molecule has 2 heterocycles. The molecule has 1 aromatic heterocycles. The fourth-order valence-electron chi connectivity index (χ4n) is 4.94. The predicted octanol–water partition coefficient (Wildman–Crippen LogP) is 6.52. The minimum Gasteiger partial charge on any atom is -0.478 e. The summed E-state index contributed by atoms with van der Waals surface area (Å²) in [5, 5.41) is 9.96. The van der Waals surface area contributed by atoms with E-state index in [4.69, 9.17) is 11.6 Å². The highest BCUT2D eigenvalue weighted by atomic mass is 35.5.